The minimum Gasteiger partial charge on any atom is -0.382 e. The first kappa shape index (κ1) is 30.5. The van der Waals surface area contributed by atoms with Crippen molar-refractivity contribution in [3.63, 3.8) is 0 Å². The zero-order chi connectivity index (χ0) is 30.1. The van der Waals surface area contributed by atoms with E-state index in [-0.39, 0.29) is 5.41 Å². The van der Waals surface area contributed by atoms with Crippen LogP contribution in [0, 0.1) is 0 Å². The number of benzene rings is 4. The van der Waals surface area contributed by atoms with Gasteiger partial charge in [0, 0.05) is 44.0 Å². The maximum absolute atomic E-state index is 11.3. The van der Waals surface area contributed by atoms with Crippen molar-refractivity contribution in [2.45, 2.75) is 18.3 Å². The molecule has 5 rings (SSSR count). The highest BCUT2D eigenvalue weighted by Crippen LogP contribution is 2.54. The monoisotopic (exact) mass is 578 g/mol. The van der Waals surface area contributed by atoms with Crippen molar-refractivity contribution >= 4 is 12.6 Å². The van der Waals surface area contributed by atoms with Crippen LogP contribution in [0.4, 0.5) is 0 Å². The quantitative estimate of drug-likeness (QED) is 0.105. The summed E-state index contributed by atoms with van der Waals surface area (Å²) in [5.41, 5.74) is 10.2. The van der Waals surface area contributed by atoms with Crippen molar-refractivity contribution in [3.8, 4) is 33.4 Å². The van der Waals surface area contributed by atoms with Crippen molar-refractivity contribution in [3.05, 3.63) is 107 Å². The molecule has 0 fully saturated rings. The first-order valence-electron chi connectivity index (χ1n) is 14.7. The van der Waals surface area contributed by atoms with Crippen LogP contribution in [0.1, 0.15) is 44.7 Å². The topological polar surface area (TPSA) is 71.1 Å². The Kier molecular flexibility index (Phi) is 10.3. The summed E-state index contributed by atoms with van der Waals surface area (Å²) in [6.45, 7) is 3.28. The van der Waals surface area contributed by atoms with Gasteiger partial charge in [-0.1, -0.05) is 72.8 Å². The molecule has 43 heavy (non-hydrogen) atoms. The Hall–Kier alpha value is -3.94. The SMILES string of the molecule is COCCOCCC1(CCOCCOC)c2cc(-c3ccc(C=O)cc3)ccc2-c2ccc(-c3ccc(C=O)cc3)cc21. The number of ether oxygens (including phenoxy) is 4. The van der Waals surface area contributed by atoms with Crippen LogP contribution in [0.5, 0.6) is 0 Å². The highest BCUT2D eigenvalue weighted by molar-refractivity contribution is 5.87. The Morgan fingerprint density at radius 2 is 0.907 bits per heavy atom. The third kappa shape index (κ3) is 6.68. The molecule has 0 unspecified atom stereocenters. The lowest BCUT2D eigenvalue weighted by Crippen LogP contribution is -2.30. The number of carbonyl (C=O) groups is 2. The van der Waals surface area contributed by atoms with Crippen LogP contribution in [0.2, 0.25) is 0 Å². The standard InChI is InChI=1S/C37H38O6/c1-40-19-21-42-17-15-37(16-18-43-22-20-41-2)35-23-31(29-7-3-27(25-38)4-8-29)11-13-33(35)34-14-12-32(24-36(34)37)30-9-5-28(26-39)6-10-30/h3-14,23-26H,15-22H2,1-2H3. The van der Waals surface area contributed by atoms with Crippen molar-refractivity contribution in [2.24, 2.45) is 0 Å². The van der Waals surface area contributed by atoms with Crippen molar-refractivity contribution in [1.29, 1.82) is 0 Å². The maximum atomic E-state index is 11.3. The molecule has 0 saturated carbocycles. The summed E-state index contributed by atoms with van der Waals surface area (Å²) in [5.74, 6) is 0. The molecule has 6 heteroatoms. The largest absolute Gasteiger partial charge is 0.382 e. The summed E-state index contributed by atoms with van der Waals surface area (Å²) < 4.78 is 22.6. The van der Waals surface area contributed by atoms with E-state index in [0.29, 0.717) is 50.8 Å². The van der Waals surface area contributed by atoms with Crippen LogP contribution in [0.25, 0.3) is 33.4 Å². The molecule has 1 aliphatic carbocycles. The van der Waals surface area contributed by atoms with Gasteiger partial charge >= 0.3 is 0 Å². The van der Waals surface area contributed by atoms with E-state index in [0.717, 1.165) is 47.7 Å². The first-order valence-corrected chi connectivity index (χ1v) is 14.7. The Labute approximate surface area is 253 Å². The fourth-order valence-electron chi connectivity index (χ4n) is 6.01. The van der Waals surface area contributed by atoms with Gasteiger partial charge in [-0.2, -0.15) is 0 Å². The molecule has 0 amide bonds. The van der Waals surface area contributed by atoms with Gasteiger partial charge in [0.2, 0.25) is 0 Å². The van der Waals surface area contributed by atoms with Crippen LogP contribution in [0.15, 0.2) is 84.9 Å². The average Bonchev–Trinajstić information content (AvgIpc) is 3.33. The average molecular weight is 579 g/mol. The molecule has 0 aliphatic heterocycles. The summed E-state index contributed by atoms with van der Waals surface area (Å²) in [5, 5.41) is 0. The number of hydrogen-bond acceptors (Lipinski definition) is 6. The molecule has 0 aromatic heterocycles. The number of methoxy groups -OCH3 is 2. The molecular weight excluding hydrogens is 540 g/mol. The lowest BCUT2D eigenvalue weighted by molar-refractivity contribution is 0.0491. The predicted octanol–water partition coefficient (Wildman–Crippen LogP) is 7.02. The molecule has 0 radical (unpaired) electrons. The van der Waals surface area contributed by atoms with Crippen molar-refractivity contribution < 1.29 is 28.5 Å². The Balaban J connectivity index is 1.61. The van der Waals surface area contributed by atoms with Gasteiger partial charge in [0.1, 0.15) is 12.6 Å². The van der Waals surface area contributed by atoms with Gasteiger partial charge in [-0.25, -0.2) is 0 Å². The predicted molar refractivity (Wildman–Crippen MR) is 169 cm³/mol. The van der Waals surface area contributed by atoms with Gasteiger partial charge in [-0.3, -0.25) is 9.59 Å². The van der Waals surface area contributed by atoms with Gasteiger partial charge in [0.25, 0.3) is 0 Å². The van der Waals surface area contributed by atoms with Crippen LogP contribution < -0.4 is 0 Å². The molecule has 0 atom stereocenters. The molecular formula is C37H38O6. The second-order valence-corrected chi connectivity index (χ2v) is 10.8. The van der Waals surface area contributed by atoms with Gasteiger partial charge in [0.15, 0.2) is 0 Å². The number of hydrogen-bond donors (Lipinski definition) is 0. The number of carbonyl (C=O) groups excluding carboxylic acids is 2. The third-order valence-electron chi connectivity index (χ3n) is 8.33. The number of rotatable bonds is 16. The summed E-state index contributed by atoms with van der Waals surface area (Å²) in [7, 11) is 3.36. The summed E-state index contributed by atoms with van der Waals surface area (Å²) in [4.78, 5) is 22.5. The molecule has 0 heterocycles. The van der Waals surface area contributed by atoms with E-state index in [4.69, 9.17) is 18.9 Å². The zero-order valence-corrected chi connectivity index (χ0v) is 24.8. The van der Waals surface area contributed by atoms with E-state index in [1.807, 2.05) is 48.5 Å². The lowest BCUT2D eigenvalue weighted by atomic mass is 9.72. The van der Waals surface area contributed by atoms with Crippen molar-refractivity contribution in [2.75, 3.05) is 53.9 Å². The highest BCUT2D eigenvalue weighted by atomic mass is 16.5. The highest BCUT2D eigenvalue weighted by Gasteiger charge is 2.43. The van der Waals surface area contributed by atoms with Crippen LogP contribution in [0.3, 0.4) is 0 Å². The third-order valence-corrected chi connectivity index (χ3v) is 8.33. The fraction of sp³-hybridized carbons (Fsp3) is 0.297. The second kappa shape index (κ2) is 14.5. The van der Waals surface area contributed by atoms with E-state index in [1.165, 1.54) is 22.3 Å². The van der Waals surface area contributed by atoms with E-state index in [9.17, 15) is 9.59 Å². The second-order valence-electron chi connectivity index (χ2n) is 10.8. The lowest BCUT2D eigenvalue weighted by Gasteiger charge is -2.33. The Morgan fingerprint density at radius 3 is 1.28 bits per heavy atom. The fourth-order valence-corrected chi connectivity index (χ4v) is 6.01. The van der Waals surface area contributed by atoms with E-state index >= 15 is 0 Å². The minimum atomic E-state index is -0.359. The van der Waals surface area contributed by atoms with E-state index < -0.39 is 0 Å². The zero-order valence-electron chi connectivity index (χ0n) is 24.8. The Bertz CT molecular complexity index is 1410. The van der Waals surface area contributed by atoms with Gasteiger partial charge in [0.05, 0.1) is 26.4 Å². The molecule has 6 nitrogen and oxygen atoms in total. The summed E-state index contributed by atoms with van der Waals surface area (Å²) in [6, 6.07) is 28.8. The molecule has 0 spiro atoms. The van der Waals surface area contributed by atoms with Gasteiger partial charge in [-0.05, 0) is 69.5 Å². The molecule has 222 valence electrons. The first-order chi connectivity index (χ1) is 21.1. The minimum absolute atomic E-state index is 0.359. The number of aldehydes is 2. The molecule has 4 aromatic carbocycles. The summed E-state index contributed by atoms with van der Waals surface area (Å²) >= 11 is 0. The molecule has 0 N–H and O–H groups in total. The Morgan fingerprint density at radius 1 is 0.512 bits per heavy atom. The van der Waals surface area contributed by atoms with Crippen LogP contribution in [-0.2, 0) is 24.4 Å². The van der Waals surface area contributed by atoms with Gasteiger partial charge in [-0.15, -0.1) is 0 Å². The van der Waals surface area contributed by atoms with Crippen molar-refractivity contribution in [1.82, 2.24) is 0 Å². The van der Waals surface area contributed by atoms with Crippen LogP contribution in [-0.4, -0.2) is 66.4 Å². The molecule has 1 aliphatic rings. The maximum Gasteiger partial charge on any atom is 0.150 e. The van der Waals surface area contributed by atoms with Crippen LogP contribution >= 0.6 is 0 Å². The van der Waals surface area contributed by atoms with Gasteiger partial charge < -0.3 is 18.9 Å². The summed E-state index contributed by atoms with van der Waals surface area (Å²) in [6.07, 6.45) is 3.27. The molecule has 0 saturated heterocycles. The van der Waals surface area contributed by atoms with E-state index in [2.05, 4.69) is 36.4 Å². The van der Waals surface area contributed by atoms with E-state index in [1.54, 1.807) is 14.2 Å². The molecule has 4 aromatic rings. The number of fused-ring (bicyclic) bond motifs is 3. The molecule has 0 bridgehead atoms. The smallest absolute Gasteiger partial charge is 0.150 e. The normalized spacial score (nSPS) is 13.0.